The van der Waals surface area contributed by atoms with E-state index >= 15 is 0 Å². The van der Waals surface area contributed by atoms with Gasteiger partial charge in [-0.1, -0.05) is 0 Å². The van der Waals surface area contributed by atoms with Crippen molar-refractivity contribution < 1.29 is 52.2 Å². The largest absolute Gasteiger partial charge is 0.467 e. The van der Waals surface area contributed by atoms with E-state index in [0.29, 0.717) is 92.4 Å². The molecular formula is C22H43NO11. The molecule has 0 bridgehead atoms. The minimum absolute atomic E-state index is 0.0720. The Morgan fingerprint density at radius 3 is 1.29 bits per heavy atom. The van der Waals surface area contributed by atoms with Crippen LogP contribution in [0.5, 0.6) is 0 Å². The van der Waals surface area contributed by atoms with Crippen molar-refractivity contribution in [3.63, 3.8) is 0 Å². The second-order valence-electron chi connectivity index (χ2n) is 7.73. The van der Waals surface area contributed by atoms with Crippen LogP contribution in [0.3, 0.4) is 0 Å². The van der Waals surface area contributed by atoms with Crippen LogP contribution in [0, 0.1) is 0 Å². The standard InChI is InChI=1S/C22H43NO11/c1-22(2,3)34-21(25)23-5-6-27-7-8-28-9-10-29-11-12-30-13-14-31-15-16-32-17-18-33-19-20(24)26-4/h5-19H2,1-4H3,(H,23,25). The van der Waals surface area contributed by atoms with E-state index in [0.717, 1.165) is 0 Å². The van der Waals surface area contributed by atoms with E-state index in [4.69, 9.17) is 37.9 Å². The third-order valence-electron chi connectivity index (χ3n) is 3.59. The van der Waals surface area contributed by atoms with Crippen molar-refractivity contribution in [3.8, 4) is 0 Å². The van der Waals surface area contributed by atoms with E-state index in [9.17, 15) is 9.59 Å². The van der Waals surface area contributed by atoms with Crippen LogP contribution in [0.25, 0.3) is 0 Å². The van der Waals surface area contributed by atoms with E-state index in [1.54, 1.807) is 0 Å². The Bertz CT molecular complexity index is 486. The van der Waals surface area contributed by atoms with Crippen molar-refractivity contribution in [1.29, 1.82) is 0 Å². The molecule has 0 fully saturated rings. The number of carbonyl (C=O) groups is 2. The zero-order chi connectivity index (χ0) is 25.3. The minimum Gasteiger partial charge on any atom is -0.467 e. The highest BCUT2D eigenvalue weighted by atomic mass is 16.6. The molecule has 1 amide bonds. The van der Waals surface area contributed by atoms with Crippen molar-refractivity contribution >= 4 is 12.1 Å². The van der Waals surface area contributed by atoms with Gasteiger partial charge >= 0.3 is 12.1 Å². The van der Waals surface area contributed by atoms with Crippen molar-refractivity contribution in [3.05, 3.63) is 0 Å². The summed E-state index contributed by atoms with van der Waals surface area (Å²) in [5.41, 5.74) is -0.510. The zero-order valence-electron chi connectivity index (χ0n) is 21.1. The summed E-state index contributed by atoms with van der Waals surface area (Å²) in [6, 6.07) is 0. The molecule has 0 aliphatic carbocycles. The first-order chi connectivity index (χ1) is 16.3. The van der Waals surface area contributed by atoms with Gasteiger partial charge in [-0.25, -0.2) is 9.59 Å². The van der Waals surface area contributed by atoms with E-state index in [-0.39, 0.29) is 6.61 Å². The van der Waals surface area contributed by atoms with Crippen LogP contribution in [0.2, 0.25) is 0 Å². The average Bonchev–Trinajstić information content (AvgIpc) is 2.78. The van der Waals surface area contributed by atoms with Gasteiger partial charge in [0, 0.05) is 6.54 Å². The highest BCUT2D eigenvalue weighted by molar-refractivity contribution is 5.70. The number of hydrogen-bond donors (Lipinski definition) is 1. The van der Waals surface area contributed by atoms with E-state index in [1.165, 1.54) is 7.11 Å². The van der Waals surface area contributed by atoms with Gasteiger partial charge in [0.15, 0.2) is 0 Å². The lowest BCUT2D eigenvalue weighted by Crippen LogP contribution is -2.34. The van der Waals surface area contributed by atoms with E-state index in [1.807, 2.05) is 20.8 Å². The second-order valence-corrected chi connectivity index (χ2v) is 7.73. The maximum atomic E-state index is 11.4. The van der Waals surface area contributed by atoms with Crippen LogP contribution in [0.1, 0.15) is 20.8 Å². The first-order valence-electron chi connectivity index (χ1n) is 11.4. The number of esters is 1. The lowest BCUT2D eigenvalue weighted by molar-refractivity contribution is -0.146. The Kier molecular flexibility index (Phi) is 22.2. The molecule has 202 valence electrons. The van der Waals surface area contributed by atoms with Gasteiger partial charge in [-0.05, 0) is 20.8 Å². The molecule has 0 aliphatic rings. The van der Waals surface area contributed by atoms with Crippen LogP contribution in [-0.2, 0) is 47.4 Å². The van der Waals surface area contributed by atoms with Gasteiger partial charge in [0.2, 0.25) is 0 Å². The Hall–Kier alpha value is -1.54. The monoisotopic (exact) mass is 497 g/mol. The number of amides is 1. The van der Waals surface area contributed by atoms with Crippen molar-refractivity contribution in [2.75, 3.05) is 106 Å². The number of methoxy groups -OCH3 is 1. The summed E-state index contributed by atoms with van der Waals surface area (Å²) in [5.74, 6) is -0.410. The number of rotatable bonds is 23. The summed E-state index contributed by atoms with van der Waals surface area (Å²) >= 11 is 0. The van der Waals surface area contributed by atoms with Crippen LogP contribution in [0.15, 0.2) is 0 Å². The molecule has 0 rings (SSSR count). The van der Waals surface area contributed by atoms with Crippen molar-refractivity contribution in [1.82, 2.24) is 5.32 Å². The van der Waals surface area contributed by atoms with Gasteiger partial charge in [-0.15, -0.1) is 0 Å². The van der Waals surface area contributed by atoms with Crippen molar-refractivity contribution in [2.45, 2.75) is 26.4 Å². The third kappa shape index (κ3) is 26.7. The molecular weight excluding hydrogens is 454 g/mol. The maximum Gasteiger partial charge on any atom is 0.407 e. The molecule has 0 radical (unpaired) electrons. The molecule has 0 spiro atoms. The van der Waals surface area contributed by atoms with Gasteiger partial charge in [0.05, 0.1) is 93.0 Å². The Labute approximate surface area is 202 Å². The summed E-state index contributed by atoms with van der Waals surface area (Å²) in [7, 11) is 1.31. The van der Waals surface area contributed by atoms with E-state index < -0.39 is 17.7 Å². The molecule has 0 saturated heterocycles. The summed E-state index contributed by atoms with van der Waals surface area (Å²) in [4.78, 5) is 22.2. The molecule has 0 heterocycles. The topological polar surface area (TPSA) is 129 Å². The highest BCUT2D eigenvalue weighted by Crippen LogP contribution is 2.06. The molecule has 0 aromatic heterocycles. The predicted molar refractivity (Wildman–Crippen MR) is 122 cm³/mol. The lowest BCUT2D eigenvalue weighted by atomic mass is 10.2. The molecule has 0 unspecified atom stereocenters. The fraction of sp³-hybridized carbons (Fsp3) is 0.909. The van der Waals surface area contributed by atoms with Crippen LogP contribution < -0.4 is 5.32 Å². The summed E-state index contributed by atoms with van der Waals surface area (Å²) in [5, 5.41) is 2.62. The highest BCUT2D eigenvalue weighted by Gasteiger charge is 2.15. The van der Waals surface area contributed by atoms with Gasteiger partial charge in [0.1, 0.15) is 12.2 Å². The first kappa shape index (κ1) is 32.5. The van der Waals surface area contributed by atoms with Crippen molar-refractivity contribution in [2.24, 2.45) is 0 Å². The second kappa shape index (κ2) is 23.2. The van der Waals surface area contributed by atoms with Gasteiger partial charge in [0.25, 0.3) is 0 Å². The fourth-order valence-corrected chi connectivity index (χ4v) is 2.07. The summed E-state index contributed by atoms with van der Waals surface area (Å²) < 4.78 is 46.8. The lowest BCUT2D eigenvalue weighted by Gasteiger charge is -2.19. The molecule has 12 nitrogen and oxygen atoms in total. The van der Waals surface area contributed by atoms with Gasteiger partial charge < -0.3 is 47.9 Å². The third-order valence-corrected chi connectivity index (χ3v) is 3.59. The van der Waals surface area contributed by atoms with Gasteiger partial charge in [-0.3, -0.25) is 0 Å². The summed E-state index contributed by atoms with van der Waals surface area (Å²) in [6.07, 6.45) is -0.455. The molecule has 1 N–H and O–H groups in total. The average molecular weight is 498 g/mol. The van der Waals surface area contributed by atoms with E-state index in [2.05, 4.69) is 10.1 Å². The maximum absolute atomic E-state index is 11.4. The van der Waals surface area contributed by atoms with Crippen LogP contribution in [0.4, 0.5) is 4.79 Å². The molecule has 0 aliphatic heterocycles. The molecule has 0 aromatic rings. The number of carbonyl (C=O) groups excluding carboxylic acids is 2. The molecule has 12 heteroatoms. The van der Waals surface area contributed by atoms with Gasteiger partial charge in [-0.2, -0.15) is 0 Å². The normalized spacial score (nSPS) is 11.4. The fourth-order valence-electron chi connectivity index (χ4n) is 2.07. The molecule has 0 aromatic carbocycles. The summed E-state index contributed by atoms with van der Waals surface area (Å²) in [6.45, 7) is 11.5. The smallest absolute Gasteiger partial charge is 0.407 e. The quantitative estimate of drug-likeness (QED) is 0.159. The Morgan fingerprint density at radius 1 is 0.588 bits per heavy atom. The Morgan fingerprint density at radius 2 is 0.941 bits per heavy atom. The zero-order valence-corrected chi connectivity index (χ0v) is 21.1. The minimum atomic E-state index is -0.510. The number of hydrogen-bond acceptors (Lipinski definition) is 11. The number of alkyl carbamates (subject to hydrolysis) is 1. The molecule has 0 atom stereocenters. The molecule has 34 heavy (non-hydrogen) atoms. The first-order valence-corrected chi connectivity index (χ1v) is 11.4. The Balaban J connectivity index is 3.13. The number of ether oxygens (including phenoxy) is 9. The predicted octanol–water partition coefficient (Wildman–Crippen LogP) is 0.800. The van der Waals surface area contributed by atoms with Crippen LogP contribution >= 0.6 is 0 Å². The number of nitrogens with one attached hydrogen (secondary N) is 1. The SMILES string of the molecule is COC(=O)COCCOCCOCCOCCOCCOCCOCCNC(=O)OC(C)(C)C. The van der Waals surface area contributed by atoms with Crippen LogP contribution in [-0.4, -0.2) is 124 Å². The molecule has 0 saturated carbocycles.